The van der Waals surface area contributed by atoms with Crippen LogP contribution < -0.4 is 15.5 Å². The van der Waals surface area contributed by atoms with E-state index in [4.69, 9.17) is 0 Å². The number of nitrogens with zero attached hydrogens (tertiary/aromatic N) is 1. The fourth-order valence-electron chi connectivity index (χ4n) is 2.66. The summed E-state index contributed by atoms with van der Waals surface area (Å²) in [4.78, 5) is 25.8. The summed E-state index contributed by atoms with van der Waals surface area (Å²) in [7, 11) is 0. The van der Waals surface area contributed by atoms with E-state index in [9.17, 15) is 14.0 Å². The van der Waals surface area contributed by atoms with Gasteiger partial charge in [0.2, 0.25) is 5.91 Å². The molecule has 2 aromatic rings. The lowest BCUT2D eigenvalue weighted by molar-refractivity contribution is -0.114. The van der Waals surface area contributed by atoms with Crippen LogP contribution in [-0.4, -0.2) is 24.9 Å². The molecule has 2 aromatic carbocycles. The third-order valence-corrected chi connectivity index (χ3v) is 3.90. The van der Waals surface area contributed by atoms with E-state index in [0.717, 1.165) is 25.2 Å². The molecule has 2 amide bonds. The second-order valence-corrected chi connectivity index (χ2v) is 5.96. The van der Waals surface area contributed by atoms with Crippen LogP contribution in [0.25, 0.3) is 0 Å². The predicted molar refractivity (Wildman–Crippen MR) is 103 cm³/mol. The standard InChI is InChI=1S/C20H24FN3O2/c1-4-12-24(5-2)17-9-6-15(7-10-17)20(26)23-16-8-11-18(21)19(13-16)22-14(3)25/h6-11,13H,4-5,12H2,1-3H3,(H,22,25)(H,23,26). The van der Waals surface area contributed by atoms with Crippen LogP contribution in [0.1, 0.15) is 37.6 Å². The first-order valence-corrected chi connectivity index (χ1v) is 8.68. The third-order valence-electron chi connectivity index (χ3n) is 3.90. The van der Waals surface area contributed by atoms with Crippen molar-refractivity contribution in [1.29, 1.82) is 0 Å². The van der Waals surface area contributed by atoms with Crippen LogP contribution >= 0.6 is 0 Å². The summed E-state index contributed by atoms with van der Waals surface area (Å²) >= 11 is 0. The molecule has 0 aliphatic carbocycles. The van der Waals surface area contributed by atoms with Crippen molar-refractivity contribution in [3.05, 3.63) is 53.8 Å². The summed E-state index contributed by atoms with van der Waals surface area (Å²) in [6, 6.07) is 11.4. The summed E-state index contributed by atoms with van der Waals surface area (Å²) in [6.45, 7) is 7.38. The SMILES string of the molecule is CCCN(CC)c1ccc(C(=O)Nc2ccc(F)c(NC(C)=O)c2)cc1. The molecule has 0 saturated carbocycles. The van der Waals surface area contributed by atoms with Gasteiger partial charge in [-0.1, -0.05) is 6.92 Å². The van der Waals surface area contributed by atoms with Crippen LogP contribution in [0.2, 0.25) is 0 Å². The van der Waals surface area contributed by atoms with Crippen molar-refractivity contribution >= 4 is 28.9 Å². The van der Waals surface area contributed by atoms with Crippen LogP contribution in [0, 0.1) is 5.82 Å². The van der Waals surface area contributed by atoms with Gasteiger partial charge in [-0.25, -0.2) is 4.39 Å². The molecule has 0 aromatic heterocycles. The molecule has 0 bridgehead atoms. The van der Waals surface area contributed by atoms with Crippen LogP contribution in [0.15, 0.2) is 42.5 Å². The van der Waals surface area contributed by atoms with Crippen LogP contribution in [0.3, 0.4) is 0 Å². The highest BCUT2D eigenvalue weighted by Crippen LogP contribution is 2.21. The zero-order valence-electron chi connectivity index (χ0n) is 15.3. The topological polar surface area (TPSA) is 61.4 Å². The molecule has 2 N–H and O–H groups in total. The van der Waals surface area contributed by atoms with Crippen molar-refractivity contribution in [2.24, 2.45) is 0 Å². The Bertz CT molecular complexity index is 775. The Morgan fingerprint density at radius 3 is 2.31 bits per heavy atom. The van der Waals surface area contributed by atoms with Gasteiger partial charge in [0.05, 0.1) is 5.69 Å². The Morgan fingerprint density at radius 1 is 1.04 bits per heavy atom. The van der Waals surface area contributed by atoms with Gasteiger partial charge in [0.15, 0.2) is 0 Å². The Hall–Kier alpha value is -2.89. The number of carbonyl (C=O) groups excluding carboxylic acids is 2. The van der Waals surface area contributed by atoms with Gasteiger partial charge in [0.1, 0.15) is 5.82 Å². The highest BCUT2D eigenvalue weighted by Gasteiger charge is 2.10. The first-order valence-electron chi connectivity index (χ1n) is 8.68. The average Bonchev–Trinajstić information content (AvgIpc) is 2.62. The van der Waals surface area contributed by atoms with E-state index in [1.165, 1.54) is 25.1 Å². The average molecular weight is 357 g/mol. The number of amides is 2. The van der Waals surface area contributed by atoms with Crippen molar-refractivity contribution < 1.29 is 14.0 Å². The second kappa shape index (κ2) is 8.99. The van der Waals surface area contributed by atoms with Crippen LogP contribution in [0.4, 0.5) is 21.5 Å². The van der Waals surface area contributed by atoms with E-state index in [2.05, 4.69) is 29.4 Å². The first-order chi connectivity index (χ1) is 12.4. The maximum atomic E-state index is 13.7. The zero-order valence-corrected chi connectivity index (χ0v) is 15.3. The summed E-state index contributed by atoms with van der Waals surface area (Å²) in [5.41, 5.74) is 2.02. The highest BCUT2D eigenvalue weighted by molar-refractivity contribution is 6.04. The molecular weight excluding hydrogens is 333 g/mol. The van der Waals surface area contributed by atoms with Gasteiger partial charge >= 0.3 is 0 Å². The van der Waals surface area contributed by atoms with E-state index >= 15 is 0 Å². The van der Waals surface area contributed by atoms with Gasteiger partial charge in [-0.2, -0.15) is 0 Å². The van der Waals surface area contributed by atoms with Gasteiger partial charge in [-0.05, 0) is 55.8 Å². The summed E-state index contributed by atoms with van der Waals surface area (Å²) in [5, 5.41) is 5.11. The molecule has 5 nitrogen and oxygen atoms in total. The van der Waals surface area contributed by atoms with E-state index in [1.54, 1.807) is 12.1 Å². The normalized spacial score (nSPS) is 10.3. The number of benzene rings is 2. The number of nitrogens with one attached hydrogen (secondary N) is 2. The number of carbonyl (C=O) groups is 2. The Morgan fingerprint density at radius 2 is 1.73 bits per heavy atom. The smallest absolute Gasteiger partial charge is 0.255 e. The van der Waals surface area contributed by atoms with Gasteiger partial charge in [-0.3, -0.25) is 9.59 Å². The molecule has 138 valence electrons. The molecule has 0 atom stereocenters. The minimum atomic E-state index is -0.557. The fraction of sp³-hybridized carbons (Fsp3) is 0.300. The molecule has 0 fully saturated rings. The third kappa shape index (κ3) is 5.05. The molecule has 6 heteroatoms. The van der Waals surface area contributed by atoms with E-state index in [-0.39, 0.29) is 17.5 Å². The fourth-order valence-corrected chi connectivity index (χ4v) is 2.66. The molecule has 26 heavy (non-hydrogen) atoms. The Balaban J connectivity index is 2.11. The molecule has 0 unspecified atom stereocenters. The molecule has 0 heterocycles. The first kappa shape index (κ1) is 19.4. The van der Waals surface area contributed by atoms with Gasteiger partial charge in [0, 0.05) is 37.0 Å². The van der Waals surface area contributed by atoms with Crippen molar-refractivity contribution in [3.8, 4) is 0 Å². The minimum Gasteiger partial charge on any atom is -0.372 e. The molecule has 0 aliphatic rings. The number of rotatable bonds is 7. The zero-order chi connectivity index (χ0) is 19.1. The summed E-state index contributed by atoms with van der Waals surface area (Å²) < 4.78 is 13.7. The Labute approximate surface area is 153 Å². The molecule has 0 saturated heterocycles. The highest BCUT2D eigenvalue weighted by atomic mass is 19.1. The molecule has 0 radical (unpaired) electrons. The van der Waals surface area contributed by atoms with Gasteiger partial charge < -0.3 is 15.5 Å². The van der Waals surface area contributed by atoms with Gasteiger partial charge in [-0.15, -0.1) is 0 Å². The Kier molecular flexibility index (Phi) is 6.72. The van der Waals surface area contributed by atoms with E-state index in [0.29, 0.717) is 11.3 Å². The van der Waals surface area contributed by atoms with Crippen molar-refractivity contribution in [3.63, 3.8) is 0 Å². The lowest BCUT2D eigenvalue weighted by Gasteiger charge is -2.22. The largest absolute Gasteiger partial charge is 0.372 e. The lowest BCUT2D eigenvalue weighted by Crippen LogP contribution is -2.23. The molecule has 0 spiro atoms. The van der Waals surface area contributed by atoms with Crippen molar-refractivity contribution in [2.45, 2.75) is 27.2 Å². The summed E-state index contributed by atoms with van der Waals surface area (Å²) in [5.74, 6) is -1.23. The molecule has 0 aliphatic heterocycles. The summed E-state index contributed by atoms with van der Waals surface area (Å²) in [6.07, 6.45) is 1.05. The minimum absolute atomic E-state index is 0.0313. The second-order valence-electron chi connectivity index (χ2n) is 5.96. The van der Waals surface area contributed by atoms with Crippen molar-refractivity contribution in [2.75, 3.05) is 28.6 Å². The van der Waals surface area contributed by atoms with Crippen molar-refractivity contribution in [1.82, 2.24) is 0 Å². The quantitative estimate of drug-likeness (QED) is 0.778. The predicted octanol–water partition coefficient (Wildman–Crippen LogP) is 4.27. The van der Waals surface area contributed by atoms with Crippen LogP contribution in [-0.2, 0) is 4.79 Å². The molecule has 2 rings (SSSR count). The lowest BCUT2D eigenvalue weighted by atomic mass is 10.1. The number of halogens is 1. The maximum absolute atomic E-state index is 13.7. The van der Waals surface area contributed by atoms with E-state index < -0.39 is 5.82 Å². The monoisotopic (exact) mass is 357 g/mol. The molecular formula is C20H24FN3O2. The van der Waals surface area contributed by atoms with Crippen LogP contribution in [0.5, 0.6) is 0 Å². The number of hydrogen-bond donors (Lipinski definition) is 2. The number of hydrogen-bond acceptors (Lipinski definition) is 3. The number of anilines is 3. The van der Waals surface area contributed by atoms with Gasteiger partial charge in [0.25, 0.3) is 5.91 Å². The van der Waals surface area contributed by atoms with E-state index in [1.807, 2.05) is 12.1 Å². The maximum Gasteiger partial charge on any atom is 0.255 e.